The Bertz CT molecular complexity index is 808. The van der Waals surface area contributed by atoms with E-state index in [1.165, 1.54) is 0 Å². The largest absolute Gasteiger partial charge is 0.298 e. The van der Waals surface area contributed by atoms with Crippen LogP contribution in [0.25, 0.3) is 0 Å². The number of benzene rings is 2. The van der Waals surface area contributed by atoms with Gasteiger partial charge in [-0.05, 0) is 55.9 Å². The van der Waals surface area contributed by atoms with Gasteiger partial charge in [-0.15, -0.1) is 0 Å². The van der Waals surface area contributed by atoms with Crippen LogP contribution in [0.15, 0.2) is 46.9 Å². The van der Waals surface area contributed by atoms with Gasteiger partial charge in [0.05, 0.1) is 0 Å². The fraction of sp³-hybridized carbons (Fsp3) is 0.118. The molecule has 0 heterocycles. The Balaban J connectivity index is 1.89. The van der Waals surface area contributed by atoms with Crippen molar-refractivity contribution in [3.05, 3.63) is 69.2 Å². The van der Waals surface area contributed by atoms with E-state index in [9.17, 15) is 9.59 Å². The molecule has 24 heavy (non-hydrogen) atoms. The van der Waals surface area contributed by atoms with Crippen LogP contribution in [0, 0.1) is 13.8 Å². The SMILES string of the molecule is Cc1cccc(C(=O)NNC(=S)NC(=O)c2ccc(C)c(Br)c2)c1. The molecule has 2 amide bonds. The summed E-state index contributed by atoms with van der Waals surface area (Å²) in [5, 5.41) is 2.52. The van der Waals surface area contributed by atoms with Crippen molar-refractivity contribution in [2.24, 2.45) is 0 Å². The summed E-state index contributed by atoms with van der Waals surface area (Å²) in [4.78, 5) is 24.1. The molecular weight excluding hydrogens is 390 g/mol. The quantitative estimate of drug-likeness (QED) is 0.530. The first-order chi connectivity index (χ1) is 11.4. The number of hydrazine groups is 1. The molecule has 0 aliphatic carbocycles. The number of hydrogen-bond acceptors (Lipinski definition) is 3. The minimum absolute atomic E-state index is 0.0118. The van der Waals surface area contributed by atoms with E-state index in [1.807, 2.05) is 26.0 Å². The van der Waals surface area contributed by atoms with E-state index in [-0.39, 0.29) is 16.9 Å². The van der Waals surface area contributed by atoms with E-state index < -0.39 is 0 Å². The summed E-state index contributed by atoms with van der Waals surface area (Å²) in [5.41, 5.74) is 7.92. The van der Waals surface area contributed by atoms with Crippen LogP contribution in [0.5, 0.6) is 0 Å². The fourth-order valence-corrected chi connectivity index (χ4v) is 2.44. The summed E-state index contributed by atoms with van der Waals surface area (Å²) in [6.45, 7) is 3.83. The summed E-state index contributed by atoms with van der Waals surface area (Å²) in [6, 6.07) is 12.4. The molecule has 0 saturated heterocycles. The highest BCUT2D eigenvalue weighted by Gasteiger charge is 2.10. The molecule has 0 bridgehead atoms. The van der Waals surface area contributed by atoms with Crippen molar-refractivity contribution in [3.63, 3.8) is 0 Å². The fourth-order valence-electron chi connectivity index (χ4n) is 1.91. The molecule has 0 aromatic heterocycles. The Morgan fingerprint density at radius 3 is 2.33 bits per heavy atom. The van der Waals surface area contributed by atoms with Gasteiger partial charge in [0.1, 0.15) is 0 Å². The number of halogens is 1. The normalized spacial score (nSPS) is 9.96. The number of aryl methyl sites for hydroxylation is 2. The molecular formula is C17H16BrN3O2S. The Hall–Kier alpha value is -2.25. The van der Waals surface area contributed by atoms with Crippen molar-refractivity contribution < 1.29 is 9.59 Å². The van der Waals surface area contributed by atoms with Gasteiger partial charge in [0.25, 0.3) is 11.8 Å². The van der Waals surface area contributed by atoms with E-state index in [4.69, 9.17) is 12.2 Å². The molecule has 5 nitrogen and oxygen atoms in total. The second-order valence-corrected chi connectivity index (χ2v) is 6.46. The van der Waals surface area contributed by atoms with Gasteiger partial charge in [-0.2, -0.15) is 0 Å². The number of rotatable bonds is 2. The lowest BCUT2D eigenvalue weighted by Crippen LogP contribution is -2.48. The summed E-state index contributed by atoms with van der Waals surface area (Å²) < 4.78 is 0.835. The Morgan fingerprint density at radius 2 is 1.67 bits per heavy atom. The highest BCUT2D eigenvalue weighted by molar-refractivity contribution is 9.10. The minimum atomic E-state index is -0.363. The lowest BCUT2D eigenvalue weighted by atomic mass is 10.1. The highest BCUT2D eigenvalue weighted by atomic mass is 79.9. The number of thiocarbonyl (C=S) groups is 1. The first-order valence-corrected chi connectivity index (χ1v) is 8.31. The highest BCUT2D eigenvalue weighted by Crippen LogP contribution is 2.17. The molecule has 2 rings (SSSR count). The van der Waals surface area contributed by atoms with Gasteiger partial charge in [-0.25, -0.2) is 0 Å². The van der Waals surface area contributed by atoms with Crippen molar-refractivity contribution in [1.29, 1.82) is 0 Å². The Kier molecular flexibility index (Phi) is 6.05. The maximum absolute atomic E-state index is 12.1. The molecule has 0 fully saturated rings. The average Bonchev–Trinajstić information content (AvgIpc) is 2.55. The number of carbonyl (C=O) groups is 2. The minimum Gasteiger partial charge on any atom is -0.298 e. The van der Waals surface area contributed by atoms with Crippen molar-refractivity contribution in [2.75, 3.05) is 0 Å². The number of amides is 2. The van der Waals surface area contributed by atoms with Gasteiger partial charge in [-0.1, -0.05) is 39.7 Å². The second-order valence-electron chi connectivity index (χ2n) is 5.20. The topological polar surface area (TPSA) is 70.2 Å². The molecule has 124 valence electrons. The van der Waals surface area contributed by atoms with E-state index in [2.05, 4.69) is 32.1 Å². The summed E-state index contributed by atoms with van der Waals surface area (Å²) in [7, 11) is 0. The standard InChI is InChI=1S/C17H16BrN3O2S/c1-10-4-3-5-12(8-10)16(23)20-21-17(24)19-15(22)13-7-6-11(2)14(18)9-13/h3-9H,1-2H3,(H,20,23)(H2,19,21,22,24). The number of carbonyl (C=O) groups excluding carboxylic acids is 2. The molecule has 0 unspecified atom stereocenters. The van der Waals surface area contributed by atoms with E-state index >= 15 is 0 Å². The maximum atomic E-state index is 12.1. The predicted octanol–water partition coefficient (Wildman–Crippen LogP) is 3.02. The zero-order valence-electron chi connectivity index (χ0n) is 13.1. The molecule has 0 radical (unpaired) electrons. The first kappa shape index (κ1) is 18.1. The third-order valence-electron chi connectivity index (χ3n) is 3.23. The van der Waals surface area contributed by atoms with Crippen LogP contribution in [0.4, 0.5) is 0 Å². The zero-order chi connectivity index (χ0) is 17.7. The first-order valence-electron chi connectivity index (χ1n) is 7.11. The van der Waals surface area contributed by atoms with E-state index in [0.29, 0.717) is 11.1 Å². The van der Waals surface area contributed by atoms with Crippen LogP contribution in [0.3, 0.4) is 0 Å². The van der Waals surface area contributed by atoms with Crippen LogP contribution in [0.2, 0.25) is 0 Å². The predicted molar refractivity (Wildman–Crippen MR) is 101 cm³/mol. The van der Waals surface area contributed by atoms with Crippen LogP contribution < -0.4 is 16.2 Å². The number of nitrogens with one attached hydrogen (secondary N) is 3. The molecule has 0 spiro atoms. The molecule has 0 saturated carbocycles. The van der Waals surface area contributed by atoms with Crippen LogP contribution in [0.1, 0.15) is 31.8 Å². The summed E-state index contributed by atoms with van der Waals surface area (Å²) in [6.07, 6.45) is 0. The lowest BCUT2D eigenvalue weighted by molar-refractivity contribution is 0.0934. The van der Waals surface area contributed by atoms with Gasteiger partial charge < -0.3 is 0 Å². The van der Waals surface area contributed by atoms with Crippen molar-refractivity contribution >= 4 is 45.1 Å². The van der Waals surface area contributed by atoms with Crippen molar-refractivity contribution in [3.8, 4) is 0 Å². The average molecular weight is 406 g/mol. The number of hydrogen-bond donors (Lipinski definition) is 3. The second kappa shape index (κ2) is 8.03. The molecule has 0 aliphatic rings. The van der Waals surface area contributed by atoms with Crippen LogP contribution in [-0.4, -0.2) is 16.9 Å². The molecule has 0 atom stereocenters. The van der Waals surface area contributed by atoms with E-state index in [1.54, 1.807) is 30.3 Å². The van der Waals surface area contributed by atoms with Gasteiger partial charge in [-0.3, -0.25) is 25.8 Å². The molecule has 2 aromatic rings. The summed E-state index contributed by atoms with van der Waals surface area (Å²) in [5.74, 6) is -0.702. The smallest absolute Gasteiger partial charge is 0.269 e. The Morgan fingerprint density at radius 1 is 0.958 bits per heavy atom. The maximum Gasteiger partial charge on any atom is 0.269 e. The lowest BCUT2D eigenvalue weighted by Gasteiger charge is -2.11. The Labute approximate surface area is 153 Å². The van der Waals surface area contributed by atoms with Gasteiger partial charge in [0, 0.05) is 15.6 Å². The summed E-state index contributed by atoms with van der Waals surface area (Å²) >= 11 is 8.39. The van der Waals surface area contributed by atoms with Crippen LogP contribution >= 0.6 is 28.1 Å². The molecule has 0 aliphatic heterocycles. The monoisotopic (exact) mass is 405 g/mol. The van der Waals surface area contributed by atoms with Gasteiger partial charge in [0.2, 0.25) is 0 Å². The van der Waals surface area contributed by atoms with Gasteiger partial charge in [0.15, 0.2) is 5.11 Å². The van der Waals surface area contributed by atoms with Crippen molar-refractivity contribution in [1.82, 2.24) is 16.2 Å². The third-order valence-corrected chi connectivity index (χ3v) is 4.29. The zero-order valence-corrected chi connectivity index (χ0v) is 15.5. The van der Waals surface area contributed by atoms with E-state index in [0.717, 1.165) is 15.6 Å². The molecule has 7 heteroatoms. The van der Waals surface area contributed by atoms with Crippen molar-refractivity contribution in [2.45, 2.75) is 13.8 Å². The molecule has 2 aromatic carbocycles. The van der Waals surface area contributed by atoms with Crippen LogP contribution in [-0.2, 0) is 0 Å². The third kappa shape index (κ3) is 4.87. The molecule has 3 N–H and O–H groups in total. The van der Waals surface area contributed by atoms with Gasteiger partial charge >= 0.3 is 0 Å².